The Bertz CT molecular complexity index is 533. The Balaban J connectivity index is 0.00000110. The van der Waals surface area contributed by atoms with Crippen LogP contribution in [0.15, 0.2) is 91.0 Å². The van der Waals surface area contributed by atoms with E-state index < -0.39 is 19.8 Å². The second-order valence-electron chi connectivity index (χ2n) is 4.47. The standard InChI is InChI=1S/3C6H5.H2O.2Sn/c3*1-2-4-6-5-3-1;;;/h3*1-5H;1H2;;. The van der Waals surface area contributed by atoms with E-state index in [9.17, 15) is 0 Å². The van der Waals surface area contributed by atoms with Gasteiger partial charge in [0.15, 0.2) is 0 Å². The summed E-state index contributed by atoms with van der Waals surface area (Å²) in [4.78, 5) is 0. The maximum absolute atomic E-state index is 2.29. The van der Waals surface area contributed by atoms with Gasteiger partial charge in [0, 0.05) is 23.9 Å². The molecule has 0 saturated carbocycles. The van der Waals surface area contributed by atoms with Gasteiger partial charge in [0.2, 0.25) is 0 Å². The zero-order valence-corrected chi connectivity index (χ0v) is 17.4. The van der Waals surface area contributed by atoms with Gasteiger partial charge in [-0.15, -0.1) is 0 Å². The number of hydrogen-bond acceptors (Lipinski definition) is 0. The van der Waals surface area contributed by atoms with Crippen LogP contribution in [-0.4, -0.2) is 49.1 Å². The van der Waals surface area contributed by atoms with Crippen molar-refractivity contribution in [3.63, 3.8) is 0 Å². The summed E-state index contributed by atoms with van der Waals surface area (Å²) in [6.45, 7) is 0. The van der Waals surface area contributed by atoms with Gasteiger partial charge in [0.1, 0.15) is 0 Å². The molecule has 3 aromatic rings. The molecule has 0 bridgehead atoms. The molecule has 21 heavy (non-hydrogen) atoms. The van der Waals surface area contributed by atoms with Gasteiger partial charge >= 0.3 is 121 Å². The fraction of sp³-hybridized carbons (Fsp3) is 0. The van der Waals surface area contributed by atoms with E-state index in [0.717, 1.165) is 0 Å². The fourth-order valence-corrected chi connectivity index (χ4v) is 9.67. The summed E-state index contributed by atoms with van der Waals surface area (Å²) < 4.78 is 4.59. The van der Waals surface area contributed by atoms with E-state index in [1.165, 1.54) is 10.7 Å². The van der Waals surface area contributed by atoms with Gasteiger partial charge < -0.3 is 5.48 Å². The van der Waals surface area contributed by atoms with E-state index in [2.05, 4.69) is 91.0 Å². The molecule has 0 aliphatic rings. The third kappa shape index (κ3) is 4.59. The zero-order valence-electron chi connectivity index (χ0n) is 11.7. The van der Waals surface area contributed by atoms with Crippen LogP contribution in [-0.2, 0) is 0 Å². The van der Waals surface area contributed by atoms with Crippen LogP contribution in [0.1, 0.15) is 0 Å². The van der Waals surface area contributed by atoms with E-state index in [-0.39, 0.29) is 29.4 Å². The molecule has 0 atom stereocenters. The summed E-state index contributed by atoms with van der Waals surface area (Å²) >= 11 is -1.98. The van der Waals surface area contributed by atoms with Crippen LogP contribution in [0.5, 0.6) is 0 Å². The van der Waals surface area contributed by atoms with Gasteiger partial charge in [0.05, 0.1) is 0 Å². The van der Waals surface area contributed by atoms with E-state index in [4.69, 9.17) is 0 Å². The van der Waals surface area contributed by atoms with Crippen molar-refractivity contribution >= 4 is 54.4 Å². The van der Waals surface area contributed by atoms with Crippen LogP contribution < -0.4 is 10.7 Å². The second kappa shape index (κ2) is 9.28. The van der Waals surface area contributed by atoms with Crippen LogP contribution in [0.3, 0.4) is 0 Å². The molecular weight excluding hydrogens is 470 g/mol. The summed E-state index contributed by atoms with van der Waals surface area (Å²) in [5.74, 6) is 0. The first-order valence-electron chi connectivity index (χ1n) is 6.48. The Kier molecular flexibility index (Phi) is 8.07. The van der Waals surface area contributed by atoms with Gasteiger partial charge in [-0.1, -0.05) is 0 Å². The van der Waals surface area contributed by atoms with E-state index in [1.807, 2.05) is 0 Å². The van der Waals surface area contributed by atoms with Crippen molar-refractivity contribution < 1.29 is 5.48 Å². The quantitative estimate of drug-likeness (QED) is 0.495. The van der Waals surface area contributed by atoms with E-state index >= 15 is 0 Å². The third-order valence-corrected chi connectivity index (χ3v) is 11.0. The molecule has 0 aliphatic heterocycles. The molecule has 3 rings (SSSR count). The Labute approximate surface area is 150 Å². The molecule has 0 aromatic heterocycles. The van der Waals surface area contributed by atoms with Crippen molar-refractivity contribution in [2.24, 2.45) is 0 Å². The summed E-state index contributed by atoms with van der Waals surface area (Å²) in [6.07, 6.45) is 0. The van der Waals surface area contributed by atoms with Crippen LogP contribution >= 0.6 is 0 Å². The molecular formula is C18H17OSn2. The van der Waals surface area contributed by atoms with Crippen molar-refractivity contribution in [1.82, 2.24) is 0 Å². The molecule has 0 amide bonds. The molecule has 0 aliphatic carbocycles. The Morgan fingerprint density at radius 1 is 0.429 bits per heavy atom. The molecule has 2 N–H and O–H groups in total. The average Bonchev–Trinajstić information content (AvgIpc) is 2.51. The molecule has 3 heteroatoms. The Morgan fingerprint density at radius 3 is 0.905 bits per heavy atom. The van der Waals surface area contributed by atoms with E-state index in [0.29, 0.717) is 0 Å². The van der Waals surface area contributed by atoms with Gasteiger partial charge in [-0.05, 0) is 0 Å². The van der Waals surface area contributed by atoms with Crippen molar-refractivity contribution in [3.05, 3.63) is 91.0 Å². The van der Waals surface area contributed by atoms with Crippen LogP contribution in [0, 0.1) is 0 Å². The normalized spacial score (nSPS) is 9.57. The zero-order chi connectivity index (χ0) is 12.9. The number of rotatable bonds is 3. The third-order valence-electron chi connectivity index (χ3n) is 3.19. The maximum atomic E-state index is 2.29. The molecule has 5 radical (unpaired) electrons. The van der Waals surface area contributed by atoms with Gasteiger partial charge in [0.25, 0.3) is 0 Å². The van der Waals surface area contributed by atoms with Crippen molar-refractivity contribution in [2.45, 2.75) is 0 Å². The summed E-state index contributed by atoms with van der Waals surface area (Å²) in [5, 5.41) is 0. The predicted molar refractivity (Wildman–Crippen MR) is 93.3 cm³/mol. The minimum absolute atomic E-state index is 0. The second-order valence-corrected chi connectivity index (χ2v) is 11.6. The SMILES string of the molecule is O.[Sn].c1cc[c]([Sn]([c]2ccccc2)[c]2ccccc2)cc1. The van der Waals surface area contributed by atoms with Crippen molar-refractivity contribution in [1.29, 1.82) is 0 Å². The predicted octanol–water partition coefficient (Wildman–Crippen LogP) is 0.997. The van der Waals surface area contributed by atoms with Gasteiger partial charge in [-0.3, -0.25) is 0 Å². The van der Waals surface area contributed by atoms with Crippen molar-refractivity contribution in [3.8, 4) is 0 Å². The number of hydrogen-bond donors (Lipinski definition) is 0. The first-order valence-corrected chi connectivity index (χ1v) is 10.8. The average molecular weight is 487 g/mol. The van der Waals surface area contributed by atoms with Crippen LogP contribution in [0.25, 0.3) is 0 Å². The summed E-state index contributed by atoms with van der Waals surface area (Å²) in [6, 6.07) is 32.9. The molecule has 0 unspecified atom stereocenters. The van der Waals surface area contributed by atoms with Crippen LogP contribution in [0.4, 0.5) is 0 Å². The monoisotopic (exact) mass is 489 g/mol. The van der Waals surface area contributed by atoms with Crippen LogP contribution in [0.2, 0.25) is 0 Å². The van der Waals surface area contributed by atoms with Gasteiger partial charge in [-0.2, -0.15) is 0 Å². The minimum atomic E-state index is -1.98. The Morgan fingerprint density at radius 2 is 0.667 bits per heavy atom. The Hall–Kier alpha value is -0.783. The first kappa shape index (κ1) is 18.3. The molecule has 0 fully saturated rings. The summed E-state index contributed by atoms with van der Waals surface area (Å²) in [5.41, 5.74) is 0. The summed E-state index contributed by atoms with van der Waals surface area (Å²) in [7, 11) is 0. The topological polar surface area (TPSA) is 31.5 Å². The molecule has 0 spiro atoms. The molecule has 0 saturated heterocycles. The van der Waals surface area contributed by atoms with Gasteiger partial charge in [-0.25, -0.2) is 0 Å². The molecule has 1 nitrogen and oxygen atoms in total. The molecule has 0 heterocycles. The first-order chi connectivity index (χ1) is 9.45. The van der Waals surface area contributed by atoms with Crippen molar-refractivity contribution in [2.75, 3.05) is 0 Å². The fourth-order valence-electron chi connectivity index (χ4n) is 2.31. The number of benzene rings is 3. The molecule has 3 aromatic carbocycles. The van der Waals surface area contributed by atoms with E-state index in [1.54, 1.807) is 0 Å². The molecule has 103 valence electrons.